The topological polar surface area (TPSA) is 70.0 Å². The number of benzene rings is 2. The van der Waals surface area contributed by atoms with Crippen LogP contribution in [0.15, 0.2) is 46.5 Å². The Kier molecular flexibility index (Phi) is 6.73. The summed E-state index contributed by atoms with van der Waals surface area (Å²) >= 11 is 3.29. The van der Waals surface area contributed by atoms with Gasteiger partial charge in [0.1, 0.15) is 17.4 Å². The number of halogens is 1. The summed E-state index contributed by atoms with van der Waals surface area (Å²) in [5.41, 5.74) is 2.54. The van der Waals surface area contributed by atoms with Gasteiger partial charge >= 0.3 is 0 Å². The SMILES string of the molecule is CC(C)(C)c1cc(C(=O)CN2C[C@@H]3CC(=O)[C@H](c4ccccc4)[C@@H]3C2=NBr)cc(C(C)(C)C)c1O. The predicted molar refractivity (Wildman–Crippen MR) is 144 cm³/mol. The van der Waals surface area contributed by atoms with Crippen molar-refractivity contribution in [3.8, 4) is 5.75 Å². The van der Waals surface area contributed by atoms with Gasteiger partial charge in [-0.05, 0) is 34.4 Å². The van der Waals surface area contributed by atoms with Gasteiger partial charge < -0.3 is 10.0 Å². The van der Waals surface area contributed by atoms with Gasteiger partial charge in [-0.25, -0.2) is 0 Å². The van der Waals surface area contributed by atoms with E-state index in [2.05, 4.69) is 20.2 Å². The van der Waals surface area contributed by atoms with Crippen LogP contribution in [0.2, 0.25) is 0 Å². The van der Waals surface area contributed by atoms with Crippen molar-refractivity contribution in [1.29, 1.82) is 0 Å². The standard InChI is InChI=1S/C29H35BrN2O3/c1-28(2,3)20-12-18(13-21(26(20)35)29(4,5)6)23(34)16-32-15-19-14-22(33)24(25(19)27(32)31-30)17-10-8-7-9-11-17/h7-13,19,24-25,35H,14-16H2,1-6H3/t19-,24-,25+/m0/s1. The lowest BCUT2D eigenvalue weighted by atomic mass is 9.78. The van der Waals surface area contributed by atoms with E-state index in [-0.39, 0.29) is 52.4 Å². The van der Waals surface area contributed by atoms with Crippen LogP contribution in [-0.4, -0.2) is 40.5 Å². The molecule has 2 aromatic rings. The van der Waals surface area contributed by atoms with Crippen molar-refractivity contribution in [2.75, 3.05) is 13.1 Å². The van der Waals surface area contributed by atoms with E-state index >= 15 is 0 Å². The minimum atomic E-state index is -0.309. The molecule has 1 saturated carbocycles. The maximum Gasteiger partial charge on any atom is 0.182 e. The van der Waals surface area contributed by atoms with Crippen molar-refractivity contribution in [2.24, 2.45) is 15.9 Å². The monoisotopic (exact) mass is 538 g/mol. The number of aromatic hydroxyl groups is 1. The summed E-state index contributed by atoms with van der Waals surface area (Å²) in [5.74, 6) is 1.15. The van der Waals surface area contributed by atoms with Crippen LogP contribution in [0.25, 0.3) is 0 Å². The van der Waals surface area contributed by atoms with Gasteiger partial charge in [0.15, 0.2) is 5.78 Å². The first-order valence-corrected chi connectivity index (χ1v) is 13.0. The summed E-state index contributed by atoms with van der Waals surface area (Å²) in [4.78, 5) is 28.5. The molecule has 2 aliphatic rings. The Morgan fingerprint density at radius 2 is 1.63 bits per heavy atom. The van der Waals surface area contributed by atoms with Crippen LogP contribution in [0.1, 0.15) is 80.9 Å². The second-order valence-electron chi connectivity index (χ2n) is 12.0. The number of likely N-dealkylation sites (tertiary alicyclic amines) is 1. The number of ketones is 2. The van der Waals surface area contributed by atoms with E-state index in [0.29, 0.717) is 18.5 Å². The Bertz CT molecular complexity index is 1140. The Morgan fingerprint density at radius 3 is 2.14 bits per heavy atom. The third kappa shape index (κ3) is 4.82. The van der Waals surface area contributed by atoms with Crippen LogP contribution < -0.4 is 0 Å². The van der Waals surface area contributed by atoms with Crippen LogP contribution in [0.3, 0.4) is 0 Å². The molecule has 35 heavy (non-hydrogen) atoms. The second-order valence-corrected chi connectivity index (χ2v) is 12.4. The molecule has 0 bridgehead atoms. The first-order valence-electron chi connectivity index (χ1n) is 12.3. The first kappa shape index (κ1) is 25.6. The average molecular weight is 540 g/mol. The molecule has 2 aromatic carbocycles. The minimum Gasteiger partial charge on any atom is -0.507 e. The zero-order valence-electron chi connectivity index (χ0n) is 21.4. The fourth-order valence-electron chi connectivity index (χ4n) is 5.62. The Hall–Kier alpha value is -2.47. The molecule has 0 aromatic heterocycles. The van der Waals surface area contributed by atoms with Crippen molar-refractivity contribution < 1.29 is 14.7 Å². The summed E-state index contributed by atoms with van der Waals surface area (Å²) in [6, 6.07) is 13.6. The van der Waals surface area contributed by atoms with Crippen molar-refractivity contribution in [2.45, 2.75) is 64.7 Å². The summed E-state index contributed by atoms with van der Waals surface area (Å²) in [7, 11) is 0. The zero-order valence-corrected chi connectivity index (χ0v) is 23.0. The predicted octanol–water partition coefficient (Wildman–Crippen LogP) is 6.18. The minimum absolute atomic E-state index is 0.0165. The number of hydrogen-bond acceptors (Lipinski definition) is 4. The van der Waals surface area contributed by atoms with Crippen LogP contribution in [0.5, 0.6) is 5.75 Å². The normalized spacial score (nSPS) is 23.7. The quantitative estimate of drug-likeness (QED) is 0.471. The first-order chi connectivity index (χ1) is 16.3. The van der Waals surface area contributed by atoms with Gasteiger partial charge in [-0.3, -0.25) is 9.59 Å². The molecule has 1 saturated heterocycles. The van der Waals surface area contributed by atoms with E-state index < -0.39 is 0 Å². The van der Waals surface area contributed by atoms with E-state index in [1.807, 2.05) is 88.9 Å². The molecule has 0 spiro atoms. The molecule has 2 fully saturated rings. The molecule has 6 heteroatoms. The summed E-state index contributed by atoms with van der Waals surface area (Å²) < 4.78 is 4.41. The molecule has 1 aliphatic heterocycles. The molecular formula is C29H35BrN2O3. The van der Waals surface area contributed by atoms with Crippen molar-refractivity contribution in [3.63, 3.8) is 0 Å². The van der Waals surface area contributed by atoms with E-state index in [0.717, 1.165) is 22.5 Å². The van der Waals surface area contributed by atoms with Crippen molar-refractivity contribution >= 4 is 33.5 Å². The number of rotatable bonds is 4. The van der Waals surface area contributed by atoms with Crippen LogP contribution in [0, 0.1) is 11.8 Å². The van der Waals surface area contributed by atoms with Crippen LogP contribution >= 0.6 is 16.1 Å². The largest absolute Gasteiger partial charge is 0.507 e. The number of carbonyl (C=O) groups excluding carboxylic acids is 2. The lowest BCUT2D eigenvalue weighted by Gasteiger charge is -2.28. The molecule has 1 N–H and O–H groups in total. The van der Waals surface area contributed by atoms with E-state index in [9.17, 15) is 14.7 Å². The van der Waals surface area contributed by atoms with Gasteiger partial charge in [0.25, 0.3) is 0 Å². The van der Waals surface area contributed by atoms with E-state index in [1.54, 1.807) is 0 Å². The number of phenols is 1. The number of hydrogen-bond donors (Lipinski definition) is 1. The lowest BCUT2D eigenvalue weighted by molar-refractivity contribution is -0.119. The Balaban J connectivity index is 1.65. The van der Waals surface area contributed by atoms with Gasteiger partial charge in [-0.1, -0.05) is 71.9 Å². The number of nitrogens with zero attached hydrogens (tertiary/aromatic N) is 2. The van der Waals surface area contributed by atoms with Gasteiger partial charge in [0, 0.05) is 35.6 Å². The number of Topliss-reactive ketones (excluding diaryl/α,β-unsaturated/α-hetero) is 2. The Morgan fingerprint density at radius 1 is 1.06 bits per heavy atom. The number of fused-ring (bicyclic) bond motifs is 1. The van der Waals surface area contributed by atoms with Crippen molar-refractivity contribution in [3.05, 3.63) is 64.7 Å². The summed E-state index contributed by atoms with van der Waals surface area (Å²) in [5, 5.41) is 11.0. The van der Waals surface area contributed by atoms with Crippen LogP contribution in [0.4, 0.5) is 0 Å². The maximum absolute atomic E-state index is 13.6. The highest BCUT2D eigenvalue weighted by molar-refractivity contribution is 9.08. The van der Waals surface area contributed by atoms with Gasteiger partial charge in [0.2, 0.25) is 0 Å². The molecule has 0 amide bonds. The fourth-order valence-corrected chi connectivity index (χ4v) is 6.08. The highest BCUT2D eigenvalue weighted by Gasteiger charge is 2.52. The third-order valence-electron chi connectivity index (χ3n) is 7.38. The second kappa shape index (κ2) is 9.20. The molecule has 5 nitrogen and oxygen atoms in total. The molecule has 3 atom stereocenters. The zero-order chi connectivity index (χ0) is 25.7. The molecular weight excluding hydrogens is 504 g/mol. The maximum atomic E-state index is 13.6. The summed E-state index contributed by atoms with van der Waals surface area (Å²) in [6.07, 6.45) is 0.502. The highest BCUT2D eigenvalue weighted by Crippen LogP contribution is 2.47. The smallest absolute Gasteiger partial charge is 0.182 e. The molecule has 0 radical (unpaired) electrons. The lowest BCUT2D eigenvalue weighted by Crippen LogP contribution is -2.35. The fraction of sp³-hybridized carbons (Fsp3) is 0.483. The van der Waals surface area contributed by atoms with Crippen molar-refractivity contribution in [1.82, 2.24) is 4.90 Å². The molecule has 186 valence electrons. The molecule has 4 rings (SSSR count). The molecule has 1 heterocycles. The number of phenolic OH excluding ortho intramolecular Hbond substituents is 1. The van der Waals surface area contributed by atoms with E-state index in [1.165, 1.54) is 0 Å². The molecule has 0 unspecified atom stereocenters. The average Bonchev–Trinajstić information content (AvgIpc) is 3.25. The third-order valence-corrected chi connectivity index (χ3v) is 7.75. The highest BCUT2D eigenvalue weighted by atomic mass is 79.9. The molecule has 1 aliphatic carbocycles. The van der Waals surface area contributed by atoms with Gasteiger partial charge in [-0.15, -0.1) is 0 Å². The number of carbonyl (C=O) groups is 2. The van der Waals surface area contributed by atoms with Crippen LogP contribution in [-0.2, 0) is 15.6 Å². The Labute approximate surface area is 217 Å². The van der Waals surface area contributed by atoms with E-state index in [4.69, 9.17) is 0 Å². The summed E-state index contributed by atoms with van der Waals surface area (Å²) in [6.45, 7) is 13.1. The van der Waals surface area contributed by atoms with Gasteiger partial charge in [0.05, 0.1) is 28.6 Å². The number of amidine groups is 1. The van der Waals surface area contributed by atoms with Gasteiger partial charge in [-0.2, -0.15) is 4.02 Å².